The first-order chi connectivity index (χ1) is 7.79. The van der Waals surface area contributed by atoms with Gasteiger partial charge in [-0.15, -0.1) is 11.3 Å². The van der Waals surface area contributed by atoms with Gasteiger partial charge >= 0.3 is 0 Å². The molecule has 2 fully saturated rings. The molecule has 0 aliphatic heterocycles. The summed E-state index contributed by atoms with van der Waals surface area (Å²) in [5, 5.41) is 2.80. The van der Waals surface area contributed by atoms with Crippen molar-refractivity contribution in [2.45, 2.75) is 32.2 Å². The van der Waals surface area contributed by atoms with Crippen LogP contribution in [0.4, 0.5) is 5.13 Å². The van der Waals surface area contributed by atoms with Crippen molar-refractivity contribution in [3.63, 3.8) is 0 Å². The highest BCUT2D eigenvalue weighted by Gasteiger charge is 2.29. The first kappa shape index (κ1) is 10.5. The van der Waals surface area contributed by atoms with E-state index in [1.54, 1.807) is 11.3 Å². The summed E-state index contributed by atoms with van der Waals surface area (Å²) in [6.07, 6.45) is 5.72. The molecule has 4 heteroatoms. The van der Waals surface area contributed by atoms with E-state index in [0.29, 0.717) is 5.13 Å². The Morgan fingerprint density at radius 2 is 1.88 bits per heavy atom. The van der Waals surface area contributed by atoms with E-state index in [-0.39, 0.29) is 0 Å². The second-order valence-corrected chi connectivity index (χ2v) is 6.15. The van der Waals surface area contributed by atoms with Crippen molar-refractivity contribution in [3.8, 4) is 0 Å². The summed E-state index contributed by atoms with van der Waals surface area (Å²) in [5.74, 6) is 1.93. The zero-order valence-corrected chi connectivity index (χ0v) is 10.4. The van der Waals surface area contributed by atoms with Crippen molar-refractivity contribution < 1.29 is 0 Å². The third-order valence-electron chi connectivity index (χ3n) is 3.38. The van der Waals surface area contributed by atoms with Gasteiger partial charge in [0.15, 0.2) is 5.13 Å². The molecule has 2 aliphatic carbocycles. The van der Waals surface area contributed by atoms with E-state index < -0.39 is 0 Å². The van der Waals surface area contributed by atoms with Gasteiger partial charge in [0.1, 0.15) is 0 Å². The Hall–Kier alpha value is -0.610. The molecule has 16 heavy (non-hydrogen) atoms. The standard InChI is InChI=1S/C12H19N3S/c13-12-14-11(8-16-12)7-15(5-9-1-2-9)6-10-3-4-10/h8-10H,1-7H2,(H2,13,14). The first-order valence-electron chi connectivity index (χ1n) is 6.22. The van der Waals surface area contributed by atoms with Gasteiger partial charge in [0.25, 0.3) is 0 Å². The highest BCUT2D eigenvalue weighted by molar-refractivity contribution is 7.13. The second-order valence-electron chi connectivity index (χ2n) is 5.26. The quantitative estimate of drug-likeness (QED) is 0.826. The van der Waals surface area contributed by atoms with Crippen LogP contribution in [0.5, 0.6) is 0 Å². The van der Waals surface area contributed by atoms with Crippen molar-refractivity contribution in [3.05, 3.63) is 11.1 Å². The third-order valence-corrected chi connectivity index (χ3v) is 4.10. The largest absolute Gasteiger partial charge is 0.375 e. The van der Waals surface area contributed by atoms with Gasteiger partial charge in [0.05, 0.1) is 5.69 Å². The van der Waals surface area contributed by atoms with Crippen LogP contribution in [-0.4, -0.2) is 23.0 Å². The lowest BCUT2D eigenvalue weighted by Crippen LogP contribution is -2.28. The molecule has 0 unspecified atom stereocenters. The van der Waals surface area contributed by atoms with Gasteiger partial charge < -0.3 is 5.73 Å². The van der Waals surface area contributed by atoms with Gasteiger partial charge in [-0.1, -0.05) is 0 Å². The molecule has 3 rings (SSSR count). The summed E-state index contributed by atoms with van der Waals surface area (Å²) in [6, 6.07) is 0. The summed E-state index contributed by atoms with van der Waals surface area (Å²) in [6.45, 7) is 3.54. The van der Waals surface area contributed by atoms with E-state index in [0.717, 1.165) is 24.1 Å². The SMILES string of the molecule is Nc1nc(CN(CC2CC2)CC2CC2)cs1. The molecule has 1 aromatic heterocycles. The van der Waals surface area contributed by atoms with Gasteiger partial charge in [-0.05, 0) is 37.5 Å². The Morgan fingerprint density at radius 3 is 2.31 bits per heavy atom. The number of hydrogen-bond acceptors (Lipinski definition) is 4. The van der Waals surface area contributed by atoms with Gasteiger partial charge in [0, 0.05) is 25.0 Å². The van der Waals surface area contributed by atoms with Crippen LogP contribution in [0.25, 0.3) is 0 Å². The zero-order valence-electron chi connectivity index (χ0n) is 9.56. The lowest BCUT2D eigenvalue weighted by atomic mass is 10.3. The molecular formula is C12H19N3S. The topological polar surface area (TPSA) is 42.1 Å². The number of rotatable bonds is 6. The van der Waals surface area contributed by atoms with Crippen molar-refractivity contribution in [2.75, 3.05) is 18.8 Å². The molecule has 2 saturated carbocycles. The number of thiazole rings is 1. The summed E-state index contributed by atoms with van der Waals surface area (Å²) < 4.78 is 0. The normalized spacial score (nSPS) is 20.6. The molecule has 1 heterocycles. The van der Waals surface area contributed by atoms with E-state index in [4.69, 9.17) is 5.73 Å². The predicted octanol–water partition coefficient (Wildman–Crippen LogP) is 2.35. The molecule has 0 aromatic carbocycles. The van der Waals surface area contributed by atoms with Gasteiger partial charge in [-0.2, -0.15) is 0 Å². The van der Waals surface area contributed by atoms with Crippen molar-refractivity contribution in [1.82, 2.24) is 9.88 Å². The van der Waals surface area contributed by atoms with Crippen LogP contribution in [0.2, 0.25) is 0 Å². The Kier molecular flexibility index (Phi) is 2.86. The van der Waals surface area contributed by atoms with Gasteiger partial charge in [0.2, 0.25) is 0 Å². The molecule has 1 aromatic rings. The summed E-state index contributed by atoms with van der Waals surface area (Å²) in [4.78, 5) is 6.95. The number of hydrogen-bond donors (Lipinski definition) is 1. The molecule has 3 nitrogen and oxygen atoms in total. The molecule has 0 bridgehead atoms. The highest BCUT2D eigenvalue weighted by Crippen LogP contribution is 2.34. The van der Waals surface area contributed by atoms with Crippen LogP contribution < -0.4 is 5.73 Å². The predicted molar refractivity (Wildman–Crippen MR) is 67.3 cm³/mol. The summed E-state index contributed by atoms with van der Waals surface area (Å²) in [5.41, 5.74) is 6.83. The Morgan fingerprint density at radius 1 is 1.25 bits per heavy atom. The van der Waals surface area contributed by atoms with E-state index in [9.17, 15) is 0 Å². The number of aromatic nitrogens is 1. The van der Waals surface area contributed by atoms with E-state index in [1.807, 2.05) is 0 Å². The fourth-order valence-corrected chi connectivity index (χ4v) is 2.71. The Labute approximate surface area is 101 Å². The monoisotopic (exact) mass is 237 g/mol. The Balaban J connectivity index is 1.57. The number of anilines is 1. The minimum Gasteiger partial charge on any atom is -0.375 e. The number of nitrogen functional groups attached to an aromatic ring is 1. The molecular weight excluding hydrogens is 218 g/mol. The van der Waals surface area contributed by atoms with E-state index in [1.165, 1.54) is 38.8 Å². The lowest BCUT2D eigenvalue weighted by molar-refractivity contribution is 0.242. The van der Waals surface area contributed by atoms with Gasteiger partial charge in [-0.3, -0.25) is 4.90 Å². The van der Waals surface area contributed by atoms with Crippen molar-refractivity contribution in [2.24, 2.45) is 11.8 Å². The second kappa shape index (κ2) is 4.34. The lowest BCUT2D eigenvalue weighted by Gasteiger charge is -2.20. The van der Waals surface area contributed by atoms with Crippen LogP contribution in [0.1, 0.15) is 31.4 Å². The molecule has 2 aliphatic rings. The average Bonchev–Trinajstić information content (AvgIpc) is 3.13. The molecule has 2 N–H and O–H groups in total. The highest BCUT2D eigenvalue weighted by atomic mass is 32.1. The maximum Gasteiger partial charge on any atom is 0.180 e. The maximum atomic E-state index is 5.67. The van der Waals surface area contributed by atoms with Crippen LogP contribution in [0.15, 0.2) is 5.38 Å². The maximum absolute atomic E-state index is 5.67. The fraction of sp³-hybridized carbons (Fsp3) is 0.750. The van der Waals surface area contributed by atoms with Crippen molar-refractivity contribution in [1.29, 1.82) is 0 Å². The smallest absolute Gasteiger partial charge is 0.180 e. The third kappa shape index (κ3) is 2.95. The number of nitrogens with zero attached hydrogens (tertiary/aromatic N) is 2. The Bertz CT molecular complexity index is 341. The molecule has 0 atom stereocenters. The van der Waals surface area contributed by atoms with Crippen molar-refractivity contribution >= 4 is 16.5 Å². The fourth-order valence-electron chi connectivity index (χ4n) is 2.16. The average molecular weight is 237 g/mol. The van der Waals surface area contributed by atoms with Gasteiger partial charge in [-0.25, -0.2) is 4.98 Å². The summed E-state index contributed by atoms with van der Waals surface area (Å²) >= 11 is 1.56. The van der Waals surface area contributed by atoms with Crippen LogP contribution in [-0.2, 0) is 6.54 Å². The van der Waals surface area contributed by atoms with Crippen LogP contribution >= 0.6 is 11.3 Å². The van der Waals surface area contributed by atoms with Crippen LogP contribution in [0.3, 0.4) is 0 Å². The molecule has 0 saturated heterocycles. The summed E-state index contributed by atoms with van der Waals surface area (Å²) in [7, 11) is 0. The minimum absolute atomic E-state index is 0.702. The molecule has 0 amide bonds. The first-order valence-corrected chi connectivity index (χ1v) is 7.10. The zero-order chi connectivity index (χ0) is 11.0. The van der Waals surface area contributed by atoms with Crippen LogP contribution in [0, 0.1) is 11.8 Å². The van der Waals surface area contributed by atoms with E-state index in [2.05, 4.69) is 15.3 Å². The number of nitrogens with two attached hydrogens (primary N) is 1. The molecule has 0 radical (unpaired) electrons. The molecule has 0 spiro atoms. The van der Waals surface area contributed by atoms with E-state index >= 15 is 0 Å². The minimum atomic E-state index is 0.702. The molecule has 88 valence electrons.